The van der Waals surface area contributed by atoms with Gasteiger partial charge in [-0.1, -0.05) is 0 Å². The van der Waals surface area contributed by atoms with Crippen LogP contribution in [-0.4, -0.2) is 10.0 Å². The van der Waals surface area contributed by atoms with Gasteiger partial charge >= 0.3 is 16.6 Å². The number of aliphatic hydroxyl groups is 1. The highest BCUT2D eigenvalue weighted by molar-refractivity contribution is 7.66. The van der Waals surface area contributed by atoms with Crippen molar-refractivity contribution in [1.82, 2.24) is 0 Å². The monoisotopic (exact) mass is 107 g/mol. The maximum absolute atomic E-state index is 9.62. The molecule has 0 saturated carbocycles. The van der Waals surface area contributed by atoms with Crippen molar-refractivity contribution in [3.8, 4) is 0 Å². The lowest BCUT2D eigenvalue weighted by Gasteiger charge is -1.86. The molecule has 6 heavy (non-hydrogen) atoms. The van der Waals surface area contributed by atoms with Gasteiger partial charge in [0.1, 0.15) is 0 Å². The van der Waals surface area contributed by atoms with E-state index >= 15 is 0 Å². The Balaban J connectivity index is 3.45. The molecule has 1 N–H and O–H groups in total. The molecule has 0 aliphatic carbocycles. The molecule has 0 radical (unpaired) electrons. The summed E-state index contributed by atoms with van der Waals surface area (Å²) in [7, 11) is 0. The zero-order chi connectivity index (χ0) is 5.21. The molecule has 0 amide bonds. The first-order valence-electron chi connectivity index (χ1n) is 1.59. The van der Waals surface area contributed by atoms with Crippen LogP contribution >= 0.6 is 0 Å². The summed E-state index contributed by atoms with van der Waals surface area (Å²) in [6, 6.07) is 0. The highest BCUT2D eigenvalue weighted by atomic mass is 32.1. The van der Waals surface area contributed by atoms with E-state index in [0.717, 1.165) is 0 Å². The van der Waals surface area contributed by atoms with Crippen LogP contribution in [0.3, 0.4) is 0 Å². The topological polar surface area (TPSA) is 37.3 Å². The number of hydrogen-bond acceptors (Lipinski definition) is 2. The van der Waals surface area contributed by atoms with Crippen LogP contribution in [0.1, 0.15) is 13.8 Å². The van der Waals surface area contributed by atoms with Crippen LogP contribution < -0.4 is 0 Å². The van der Waals surface area contributed by atoms with Crippen LogP contribution in [-0.2, 0) is 15.9 Å². The molecule has 0 aromatic rings. The van der Waals surface area contributed by atoms with Crippen LogP contribution in [0.15, 0.2) is 0 Å². The van der Waals surface area contributed by atoms with Crippen molar-refractivity contribution in [2.24, 2.45) is 0 Å². The smallest absolute Gasteiger partial charge is 0.337 e. The quantitative estimate of drug-likeness (QED) is 0.382. The van der Waals surface area contributed by atoms with Crippen molar-refractivity contribution >= 4 is 11.7 Å². The third-order valence-corrected chi connectivity index (χ3v) is 0.612. The lowest BCUT2D eigenvalue weighted by Crippen LogP contribution is -2.14. The number of rotatable bonds is 1. The maximum Gasteiger partial charge on any atom is 0.496 e. The van der Waals surface area contributed by atoms with Crippen molar-refractivity contribution in [3.63, 3.8) is 0 Å². The molecular formula is C3H7O2S+. The first-order valence-corrected chi connectivity index (χ1v) is 2.34. The second-order valence-electron chi connectivity index (χ2n) is 1.53. The second-order valence-corrected chi connectivity index (χ2v) is 2.70. The molecule has 3 heteroatoms. The van der Waals surface area contributed by atoms with Crippen LogP contribution in [0, 0.1) is 0 Å². The van der Waals surface area contributed by atoms with E-state index in [9.17, 15) is 4.21 Å². The Bertz CT molecular complexity index is 54.3. The minimum atomic E-state index is -1.10. The fraction of sp³-hybridized carbons (Fsp3) is 1.00. The predicted octanol–water partition coefficient (Wildman–Crippen LogP) is 0.143. The third kappa shape index (κ3) is 3.98. The lowest BCUT2D eigenvalue weighted by atomic mass is 10.5. The van der Waals surface area contributed by atoms with Gasteiger partial charge in [0.2, 0.25) is 0 Å². The van der Waals surface area contributed by atoms with Gasteiger partial charge in [0.25, 0.3) is 0 Å². The minimum absolute atomic E-state index is 0.187. The van der Waals surface area contributed by atoms with E-state index in [1.54, 1.807) is 0 Å². The molecule has 0 bridgehead atoms. The van der Waals surface area contributed by atoms with E-state index in [1.807, 2.05) is 0 Å². The molecular weight excluding hydrogens is 100 g/mol. The van der Waals surface area contributed by atoms with Crippen molar-refractivity contribution in [2.45, 2.75) is 18.8 Å². The van der Waals surface area contributed by atoms with Gasteiger partial charge in [0.15, 0.2) is 0 Å². The fourth-order valence-corrected chi connectivity index (χ4v) is 0. The molecule has 0 rings (SSSR count). The largest absolute Gasteiger partial charge is 0.496 e. The van der Waals surface area contributed by atoms with Crippen molar-refractivity contribution in [3.05, 3.63) is 0 Å². The average Bonchev–Trinajstić information content (AvgIpc) is 1.35. The van der Waals surface area contributed by atoms with E-state index in [2.05, 4.69) is 0 Å². The van der Waals surface area contributed by atoms with E-state index in [-0.39, 0.29) is 11.7 Å². The SMILES string of the molecule is CC(C)(O)[S+]=O. The molecule has 0 aliphatic rings. The summed E-state index contributed by atoms with van der Waals surface area (Å²) < 4.78 is 9.62. The van der Waals surface area contributed by atoms with Gasteiger partial charge in [-0.3, -0.25) is 0 Å². The van der Waals surface area contributed by atoms with Gasteiger partial charge in [-0.05, 0) is 0 Å². The molecule has 36 valence electrons. The Morgan fingerprint density at radius 2 is 1.83 bits per heavy atom. The Kier molecular flexibility index (Phi) is 1.61. The molecule has 0 saturated heterocycles. The zero-order valence-corrected chi connectivity index (χ0v) is 4.58. The first-order chi connectivity index (χ1) is 2.56. The van der Waals surface area contributed by atoms with Gasteiger partial charge in [-0.15, -0.1) is 0 Å². The van der Waals surface area contributed by atoms with Crippen LogP contribution in [0.25, 0.3) is 0 Å². The van der Waals surface area contributed by atoms with E-state index in [1.165, 1.54) is 13.8 Å². The highest BCUT2D eigenvalue weighted by Crippen LogP contribution is 1.94. The molecule has 0 atom stereocenters. The lowest BCUT2D eigenvalue weighted by molar-refractivity contribution is 0.174. The molecule has 0 heterocycles. The Labute approximate surface area is 40.7 Å². The highest BCUT2D eigenvalue weighted by Gasteiger charge is 2.27. The zero-order valence-electron chi connectivity index (χ0n) is 3.76. The summed E-state index contributed by atoms with van der Waals surface area (Å²) in [5, 5.41) is 8.48. The van der Waals surface area contributed by atoms with Gasteiger partial charge in [0.05, 0.1) is 0 Å². The molecule has 0 aliphatic heterocycles. The molecule has 0 aromatic carbocycles. The van der Waals surface area contributed by atoms with Crippen LogP contribution in [0.4, 0.5) is 0 Å². The molecule has 0 fully saturated rings. The van der Waals surface area contributed by atoms with Gasteiger partial charge in [-0.2, -0.15) is 0 Å². The first kappa shape index (κ1) is 5.98. The second kappa shape index (κ2) is 1.62. The van der Waals surface area contributed by atoms with Crippen LogP contribution in [0.5, 0.6) is 0 Å². The third-order valence-electron chi connectivity index (χ3n) is 0.204. The van der Waals surface area contributed by atoms with E-state index in [0.29, 0.717) is 0 Å². The normalized spacial score (nSPS) is 11.2. The summed E-state index contributed by atoms with van der Waals surface area (Å²) in [5.41, 5.74) is 0. The summed E-state index contributed by atoms with van der Waals surface area (Å²) >= 11 is 0.187. The Morgan fingerprint density at radius 3 is 1.83 bits per heavy atom. The maximum atomic E-state index is 9.62. The summed E-state index contributed by atoms with van der Waals surface area (Å²) in [4.78, 5) is -1.10. The Morgan fingerprint density at radius 1 is 1.67 bits per heavy atom. The molecule has 0 aromatic heterocycles. The summed E-state index contributed by atoms with van der Waals surface area (Å²) in [6.07, 6.45) is 0. The van der Waals surface area contributed by atoms with E-state index < -0.39 is 4.93 Å². The number of hydrogen-bond donors (Lipinski definition) is 1. The van der Waals surface area contributed by atoms with Gasteiger partial charge in [0, 0.05) is 18.1 Å². The van der Waals surface area contributed by atoms with Crippen molar-refractivity contribution in [2.75, 3.05) is 0 Å². The molecule has 0 unspecified atom stereocenters. The van der Waals surface area contributed by atoms with Crippen LogP contribution in [0.2, 0.25) is 0 Å². The Hall–Kier alpha value is -0.0200. The molecule has 2 nitrogen and oxygen atoms in total. The van der Waals surface area contributed by atoms with E-state index in [4.69, 9.17) is 5.11 Å². The summed E-state index contributed by atoms with van der Waals surface area (Å²) in [6.45, 7) is 2.90. The minimum Gasteiger partial charge on any atom is -0.337 e. The standard InChI is InChI=1S/C3H7O2S/c1-3(2,4)6-5/h4H,1-2H3/q+1. The van der Waals surface area contributed by atoms with Gasteiger partial charge < -0.3 is 5.11 Å². The average molecular weight is 107 g/mol. The molecule has 0 spiro atoms. The fourth-order valence-electron chi connectivity index (χ4n) is 0. The van der Waals surface area contributed by atoms with Gasteiger partial charge in [-0.25, -0.2) is 0 Å². The summed E-state index contributed by atoms with van der Waals surface area (Å²) in [5.74, 6) is 0. The predicted molar refractivity (Wildman–Crippen MR) is 24.3 cm³/mol. The van der Waals surface area contributed by atoms with Crippen molar-refractivity contribution in [1.29, 1.82) is 0 Å². The van der Waals surface area contributed by atoms with Crippen molar-refractivity contribution < 1.29 is 9.32 Å².